The number of rotatable bonds is 5. The van der Waals surface area contributed by atoms with Crippen LogP contribution in [0, 0.1) is 5.92 Å². The van der Waals surface area contributed by atoms with Crippen LogP contribution in [0.5, 0.6) is 0 Å². The van der Waals surface area contributed by atoms with Crippen LogP contribution in [0.25, 0.3) is 0 Å². The van der Waals surface area contributed by atoms with Gasteiger partial charge in [-0.1, -0.05) is 5.16 Å². The van der Waals surface area contributed by atoms with Crippen LogP contribution in [0.1, 0.15) is 31.0 Å². The number of carbonyl (C=O) groups is 1. The number of ether oxygens (including phenoxy) is 1. The normalized spacial score (nSPS) is 24.1. The predicted molar refractivity (Wildman–Crippen MR) is 48.1 cm³/mol. The van der Waals surface area contributed by atoms with Gasteiger partial charge in [0.1, 0.15) is 6.61 Å². The Morgan fingerprint density at radius 2 is 2.53 bits per heavy atom. The number of nitrogens with zero attached hydrogens (tertiary/aromatic N) is 2. The van der Waals surface area contributed by atoms with Crippen molar-refractivity contribution in [1.82, 2.24) is 10.1 Å². The Labute approximate surface area is 86.2 Å². The molecule has 0 aromatic carbocycles. The number of aliphatic carboxylic acids is 1. The molecule has 1 aliphatic carbocycles. The first kappa shape index (κ1) is 10.1. The Balaban J connectivity index is 1.94. The van der Waals surface area contributed by atoms with Crippen molar-refractivity contribution in [3.8, 4) is 0 Å². The van der Waals surface area contributed by atoms with E-state index in [1.165, 1.54) is 0 Å². The highest BCUT2D eigenvalue weighted by Crippen LogP contribution is 2.46. The zero-order valence-electron chi connectivity index (χ0n) is 8.34. The number of hydrogen-bond donors (Lipinski definition) is 1. The Bertz CT molecular complexity index is 363. The van der Waals surface area contributed by atoms with Crippen molar-refractivity contribution >= 4 is 5.97 Å². The van der Waals surface area contributed by atoms with E-state index in [-0.39, 0.29) is 11.8 Å². The minimum absolute atomic E-state index is 0.106. The van der Waals surface area contributed by atoms with E-state index in [1.807, 2.05) is 6.92 Å². The average Bonchev–Trinajstić information content (AvgIpc) is 2.89. The lowest BCUT2D eigenvalue weighted by atomic mass is 10.3. The van der Waals surface area contributed by atoms with Gasteiger partial charge < -0.3 is 14.4 Å². The van der Waals surface area contributed by atoms with E-state index < -0.39 is 5.97 Å². The minimum Gasteiger partial charge on any atom is -0.481 e. The fraction of sp³-hybridized carbons (Fsp3) is 0.667. The Hall–Kier alpha value is -1.43. The number of hydrogen-bond acceptors (Lipinski definition) is 5. The molecule has 1 N–H and O–H groups in total. The van der Waals surface area contributed by atoms with Crippen LogP contribution in [0.15, 0.2) is 4.52 Å². The molecule has 0 saturated heterocycles. The summed E-state index contributed by atoms with van der Waals surface area (Å²) >= 11 is 0. The smallest absolute Gasteiger partial charge is 0.307 e. The molecule has 0 spiro atoms. The van der Waals surface area contributed by atoms with Gasteiger partial charge in [-0.15, -0.1) is 0 Å². The first-order valence-corrected chi connectivity index (χ1v) is 4.85. The second kappa shape index (κ2) is 3.98. The van der Waals surface area contributed by atoms with Gasteiger partial charge in [-0.3, -0.25) is 4.79 Å². The van der Waals surface area contributed by atoms with Crippen molar-refractivity contribution in [2.24, 2.45) is 5.92 Å². The number of carboxylic acids is 1. The summed E-state index contributed by atoms with van der Waals surface area (Å²) in [6, 6.07) is 0. The summed E-state index contributed by atoms with van der Waals surface area (Å²) < 4.78 is 10.1. The monoisotopic (exact) mass is 212 g/mol. The van der Waals surface area contributed by atoms with Crippen LogP contribution in [0.3, 0.4) is 0 Å². The molecule has 15 heavy (non-hydrogen) atoms. The molecule has 6 heteroatoms. The van der Waals surface area contributed by atoms with Gasteiger partial charge in [0.15, 0.2) is 5.82 Å². The fourth-order valence-corrected chi connectivity index (χ4v) is 1.41. The lowest BCUT2D eigenvalue weighted by molar-refractivity contribution is -0.138. The molecule has 2 atom stereocenters. The van der Waals surface area contributed by atoms with Gasteiger partial charge in [-0.25, -0.2) is 0 Å². The van der Waals surface area contributed by atoms with Gasteiger partial charge in [0.05, 0.1) is 11.8 Å². The van der Waals surface area contributed by atoms with Crippen molar-refractivity contribution in [3.63, 3.8) is 0 Å². The second-order valence-corrected chi connectivity index (χ2v) is 3.47. The third-order valence-corrected chi connectivity index (χ3v) is 2.34. The molecule has 1 aliphatic rings. The maximum atomic E-state index is 10.6. The zero-order chi connectivity index (χ0) is 10.8. The maximum absolute atomic E-state index is 10.6. The summed E-state index contributed by atoms with van der Waals surface area (Å²) in [5, 5.41) is 12.4. The van der Waals surface area contributed by atoms with Gasteiger partial charge in [0.2, 0.25) is 5.89 Å². The first-order valence-electron chi connectivity index (χ1n) is 4.85. The Morgan fingerprint density at radius 1 is 1.73 bits per heavy atom. The molecule has 0 radical (unpaired) electrons. The van der Waals surface area contributed by atoms with E-state index in [2.05, 4.69) is 10.1 Å². The summed E-state index contributed by atoms with van der Waals surface area (Å²) in [5.41, 5.74) is 0. The lowest BCUT2D eigenvalue weighted by Crippen LogP contribution is -1.99. The van der Waals surface area contributed by atoms with Crippen molar-refractivity contribution in [1.29, 1.82) is 0 Å². The highest BCUT2D eigenvalue weighted by atomic mass is 16.5. The van der Waals surface area contributed by atoms with E-state index in [1.54, 1.807) is 0 Å². The van der Waals surface area contributed by atoms with E-state index in [0.717, 1.165) is 0 Å². The largest absolute Gasteiger partial charge is 0.481 e. The minimum atomic E-state index is -0.801. The van der Waals surface area contributed by atoms with Crippen LogP contribution in [0.2, 0.25) is 0 Å². The zero-order valence-corrected chi connectivity index (χ0v) is 8.34. The molecule has 0 bridgehead atoms. The summed E-state index contributed by atoms with van der Waals surface area (Å²) in [6.07, 6.45) is 0.589. The van der Waals surface area contributed by atoms with Crippen molar-refractivity contribution in [3.05, 3.63) is 11.7 Å². The first-order chi connectivity index (χ1) is 7.22. The number of aromatic nitrogens is 2. The van der Waals surface area contributed by atoms with E-state index in [4.69, 9.17) is 14.4 Å². The summed E-state index contributed by atoms with van der Waals surface area (Å²) in [7, 11) is 0. The molecule has 2 unspecified atom stereocenters. The SMILES string of the molecule is CCOCc1noc(C2CC2C(=O)O)n1. The maximum Gasteiger partial charge on any atom is 0.307 e. The molecule has 82 valence electrons. The molecule has 6 nitrogen and oxygen atoms in total. The summed E-state index contributed by atoms with van der Waals surface area (Å²) in [6.45, 7) is 2.78. The third kappa shape index (κ3) is 2.15. The van der Waals surface area contributed by atoms with Gasteiger partial charge in [0, 0.05) is 6.61 Å². The van der Waals surface area contributed by atoms with Crippen LogP contribution in [-0.4, -0.2) is 27.8 Å². The van der Waals surface area contributed by atoms with Crippen LogP contribution < -0.4 is 0 Å². The molecule has 1 heterocycles. The summed E-state index contributed by atoms with van der Waals surface area (Å²) in [5.74, 6) is -0.375. The Kier molecular flexibility index (Phi) is 2.68. The predicted octanol–water partition coefficient (Wildman–Crippen LogP) is 0.794. The van der Waals surface area contributed by atoms with Crippen LogP contribution >= 0.6 is 0 Å². The van der Waals surface area contributed by atoms with Crippen LogP contribution in [-0.2, 0) is 16.1 Å². The van der Waals surface area contributed by atoms with Gasteiger partial charge in [-0.05, 0) is 13.3 Å². The quantitative estimate of drug-likeness (QED) is 0.776. The van der Waals surface area contributed by atoms with Crippen LogP contribution in [0.4, 0.5) is 0 Å². The van der Waals surface area contributed by atoms with Gasteiger partial charge in [0.25, 0.3) is 0 Å². The van der Waals surface area contributed by atoms with Gasteiger partial charge >= 0.3 is 5.97 Å². The van der Waals surface area contributed by atoms with E-state index >= 15 is 0 Å². The highest BCUT2D eigenvalue weighted by Gasteiger charge is 2.48. The van der Waals surface area contributed by atoms with Crippen molar-refractivity contribution in [2.75, 3.05) is 6.61 Å². The van der Waals surface area contributed by atoms with Crippen molar-refractivity contribution < 1.29 is 19.2 Å². The van der Waals surface area contributed by atoms with Crippen molar-refractivity contribution in [2.45, 2.75) is 25.9 Å². The molecular weight excluding hydrogens is 200 g/mol. The molecule has 0 aliphatic heterocycles. The third-order valence-electron chi connectivity index (χ3n) is 2.34. The molecular formula is C9H12N2O4. The molecule has 1 aromatic rings. The molecule has 1 aromatic heterocycles. The molecule has 1 fully saturated rings. The fourth-order valence-electron chi connectivity index (χ4n) is 1.41. The number of carboxylic acid groups (broad SMARTS) is 1. The highest BCUT2D eigenvalue weighted by molar-refractivity contribution is 5.74. The topological polar surface area (TPSA) is 85.5 Å². The Morgan fingerprint density at radius 3 is 3.13 bits per heavy atom. The summed E-state index contributed by atoms with van der Waals surface area (Å²) in [4.78, 5) is 14.7. The standard InChI is InChI=1S/C9H12N2O4/c1-2-14-4-7-10-8(15-11-7)5-3-6(5)9(12)13/h5-6H,2-4H2,1H3,(H,12,13). The van der Waals surface area contributed by atoms with E-state index in [9.17, 15) is 4.79 Å². The molecule has 1 saturated carbocycles. The second-order valence-electron chi connectivity index (χ2n) is 3.47. The van der Waals surface area contributed by atoms with Gasteiger partial charge in [-0.2, -0.15) is 4.98 Å². The lowest BCUT2D eigenvalue weighted by Gasteiger charge is -1.92. The molecule has 0 amide bonds. The molecule has 2 rings (SSSR count). The average molecular weight is 212 g/mol. The van der Waals surface area contributed by atoms with E-state index in [0.29, 0.717) is 31.3 Å².